The summed E-state index contributed by atoms with van der Waals surface area (Å²) in [4.78, 5) is 19.7. The molecule has 52 heavy (non-hydrogen) atoms. The number of aliphatic hydroxyl groups excluding tert-OH is 1. The maximum absolute atomic E-state index is 15.4. The van der Waals surface area contributed by atoms with Gasteiger partial charge in [-0.3, -0.25) is 9.78 Å². The van der Waals surface area contributed by atoms with Crippen LogP contribution in [0.15, 0.2) is 72.8 Å². The number of aliphatic hydroxyl groups is 1. The third-order valence-electron chi connectivity index (χ3n) is 9.16. The Morgan fingerprint density at radius 1 is 0.788 bits per heavy atom. The van der Waals surface area contributed by atoms with Crippen molar-refractivity contribution in [2.45, 2.75) is 85.2 Å². The second-order valence-electron chi connectivity index (χ2n) is 12.7. The largest absolute Gasteiger partial charge is 0.512 e. The van der Waals surface area contributed by atoms with Gasteiger partial charge in [-0.15, -0.1) is 34.9 Å². The van der Waals surface area contributed by atoms with Gasteiger partial charge in [-0.05, 0) is 70.4 Å². The van der Waals surface area contributed by atoms with Gasteiger partial charge in [-0.2, -0.15) is 30.7 Å². The first-order chi connectivity index (χ1) is 23.9. The summed E-state index contributed by atoms with van der Waals surface area (Å²) in [6.07, 6.45) is -0.718. The smallest absolute Gasteiger partial charge is 0.460 e. The zero-order valence-corrected chi connectivity index (χ0v) is 32.0. The number of nitrogens with zero attached hydrogens (tertiary/aromatic N) is 2. The molecule has 0 spiro atoms. The fraction of sp³-hybridized carbons (Fsp3) is 0.375. The number of carbonyl (C=O) groups is 1. The van der Waals surface area contributed by atoms with Gasteiger partial charge in [0.15, 0.2) is 5.78 Å². The number of halogens is 7. The van der Waals surface area contributed by atoms with Gasteiger partial charge in [0, 0.05) is 38.0 Å². The van der Waals surface area contributed by atoms with E-state index < -0.39 is 34.5 Å². The van der Waals surface area contributed by atoms with E-state index in [0.717, 1.165) is 37.6 Å². The number of alkyl halides is 7. The summed E-state index contributed by atoms with van der Waals surface area (Å²) < 4.78 is 99.3. The number of aromatic nitrogens is 2. The van der Waals surface area contributed by atoms with E-state index in [1.165, 1.54) is 24.3 Å². The monoisotopic (exact) mass is 906 g/mol. The summed E-state index contributed by atoms with van der Waals surface area (Å²) in [6, 6.07) is 17.2. The number of hydrogen-bond donors (Lipinski definition) is 1. The van der Waals surface area contributed by atoms with Crippen molar-refractivity contribution in [2.75, 3.05) is 0 Å². The van der Waals surface area contributed by atoms with Gasteiger partial charge in [0.1, 0.15) is 6.33 Å². The van der Waals surface area contributed by atoms with Crippen LogP contribution in [0.25, 0.3) is 43.7 Å². The van der Waals surface area contributed by atoms with E-state index in [1.807, 2.05) is 33.8 Å². The van der Waals surface area contributed by atoms with Crippen molar-refractivity contribution in [1.29, 1.82) is 0 Å². The number of allylic oxidation sites excluding steroid dienone is 2. The van der Waals surface area contributed by atoms with Crippen LogP contribution in [0.3, 0.4) is 0 Å². The van der Waals surface area contributed by atoms with Gasteiger partial charge in [0.05, 0.1) is 16.8 Å². The quantitative estimate of drug-likeness (QED) is 0.0499. The molecule has 1 heterocycles. The van der Waals surface area contributed by atoms with Crippen LogP contribution in [0.1, 0.15) is 70.1 Å². The molecule has 12 heteroatoms. The number of carbonyl (C=O) groups excluding carboxylic acids is 1. The average molecular weight is 906 g/mol. The summed E-state index contributed by atoms with van der Waals surface area (Å²) in [5, 5.41) is 10.3. The molecule has 0 bridgehead atoms. The first-order valence-electron chi connectivity index (χ1n) is 16.8. The van der Waals surface area contributed by atoms with Crippen molar-refractivity contribution in [3.05, 3.63) is 95.5 Å². The van der Waals surface area contributed by atoms with Gasteiger partial charge >= 0.3 is 18.0 Å². The fourth-order valence-electron chi connectivity index (χ4n) is 6.28. The summed E-state index contributed by atoms with van der Waals surface area (Å²) >= 11 is 0. The van der Waals surface area contributed by atoms with Crippen molar-refractivity contribution in [1.82, 2.24) is 9.97 Å². The first kappa shape index (κ1) is 42.5. The zero-order chi connectivity index (χ0) is 37.9. The molecule has 0 saturated heterocycles. The van der Waals surface area contributed by atoms with E-state index >= 15 is 8.78 Å². The average Bonchev–Trinajstić information content (AvgIpc) is 3.06. The predicted molar refractivity (Wildman–Crippen MR) is 187 cm³/mol. The fourth-order valence-corrected chi connectivity index (χ4v) is 6.28. The normalized spacial score (nSPS) is 12.7. The molecule has 4 aromatic carbocycles. The van der Waals surface area contributed by atoms with Crippen LogP contribution in [0.5, 0.6) is 0 Å². The Labute approximate surface area is 311 Å². The van der Waals surface area contributed by atoms with Crippen molar-refractivity contribution in [3.8, 4) is 11.3 Å². The van der Waals surface area contributed by atoms with Crippen LogP contribution in [-0.2, 0) is 30.8 Å². The number of ketones is 1. The van der Waals surface area contributed by atoms with E-state index in [4.69, 9.17) is 0 Å². The summed E-state index contributed by atoms with van der Waals surface area (Å²) in [5.41, 5.74) is -0.224. The van der Waals surface area contributed by atoms with Gasteiger partial charge in [0.2, 0.25) is 0 Å². The second kappa shape index (κ2) is 16.8. The van der Waals surface area contributed by atoms with Crippen LogP contribution in [0, 0.1) is 31.7 Å². The van der Waals surface area contributed by atoms with Crippen molar-refractivity contribution in [2.24, 2.45) is 11.8 Å². The maximum Gasteiger partial charge on any atom is 0.460 e. The molecule has 1 aromatic heterocycles. The van der Waals surface area contributed by atoms with Crippen molar-refractivity contribution >= 4 is 38.2 Å². The minimum absolute atomic E-state index is 0. The molecule has 1 radical (unpaired) electrons. The molecule has 0 unspecified atom stereocenters. The molecule has 0 amide bonds. The standard InChI is InChI=1S/C27H16F7N2.C13H24O2.Ir/c1-14-7-15(2)9-19(8-14)23-21-12-18-10-16-5-3-4-6-17(16)11-20(18)22(24(21)36-13-35-23)25(28,29)26(30,31)27(32,33)34;1-5-10(6-2)12(14)9-13(15)11(7-3)8-4;/h3-8,10-13H,1-2H3;9-11,14H,5-8H2,1-4H3;/q-1;;/b;12-9-;. The van der Waals surface area contributed by atoms with Crippen LogP contribution in [-0.4, -0.2) is 33.0 Å². The Hall–Kier alpha value is -3.89. The third kappa shape index (κ3) is 8.49. The summed E-state index contributed by atoms with van der Waals surface area (Å²) in [7, 11) is 0. The van der Waals surface area contributed by atoms with Crippen LogP contribution < -0.4 is 0 Å². The molecule has 0 aliphatic heterocycles. The number of hydrogen-bond acceptors (Lipinski definition) is 4. The molecular formula is C40H40F7IrN2O2-. The topological polar surface area (TPSA) is 63.1 Å². The molecule has 0 saturated carbocycles. The van der Waals surface area contributed by atoms with Gasteiger partial charge in [-0.1, -0.05) is 71.9 Å². The number of benzene rings is 4. The molecule has 5 aromatic rings. The van der Waals surface area contributed by atoms with Gasteiger partial charge in [-0.25, -0.2) is 4.98 Å². The second-order valence-corrected chi connectivity index (χ2v) is 12.7. The van der Waals surface area contributed by atoms with Crippen LogP contribution in [0.2, 0.25) is 0 Å². The predicted octanol–water partition coefficient (Wildman–Crippen LogP) is 12.2. The molecule has 0 aliphatic rings. The Morgan fingerprint density at radius 3 is 1.88 bits per heavy atom. The molecular weight excluding hydrogens is 866 g/mol. The molecule has 4 nitrogen and oxygen atoms in total. The molecule has 281 valence electrons. The van der Waals surface area contributed by atoms with Crippen LogP contribution >= 0.6 is 0 Å². The Balaban J connectivity index is 0.000000389. The number of aryl methyl sites for hydroxylation is 2. The summed E-state index contributed by atoms with van der Waals surface area (Å²) in [5.74, 6) is -11.4. The Kier molecular flexibility index (Phi) is 13.8. The molecule has 0 atom stereocenters. The van der Waals surface area contributed by atoms with Gasteiger partial charge in [0.25, 0.3) is 0 Å². The SMILES string of the molecule is CCC(CC)C(=O)/C=C(\O)C(CC)CC.Cc1[c-]c(-c2ncnc3c(C(F)(F)C(F)(F)C(F)(F)F)c4cc5ccccc5cc4cc23)cc(C)c1.[Ir]. The molecule has 0 aliphatic carbocycles. The zero-order valence-electron chi connectivity index (χ0n) is 29.6. The minimum Gasteiger partial charge on any atom is -0.512 e. The van der Waals surface area contributed by atoms with Crippen molar-refractivity contribution in [3.63, 3.8) is 0 Å². The van der Waals surface area contributed by atoms with E-state index in [9.17, 15) is 31.9 Å². The first-order valence-corrected chi connectivity index (χ1v) is 16.8. The molecule has 0 fully saturated rings. The van der Waals surface area contributed by atoms with Crippen molar-refractivity contribution < 1.29 is 60.7 Å². The van der Waals surface area contributed by atoms with E-state index in [-0.39, 0.29) is 59.9 Å². The number of rotatable bonds is 10. The number of fused-ring (bicyclic) bond motifs is 3. The molecule has 5 rings (SSSR count). The van der Waals surface area contributed by atoms with Crippen LogP contribution in [0.4, 0.5) is 30.7 Å². The Morgan fingerprint density at radius 2 is 1.35 bits per heavy atom. The maximum atomic E-state index is 15.4. The Bertz CT molecular complexity index is 2050. The van der Waals surface area contributed by atoms with E-state index in [1.54, 1.807) is 44.2 Å². The minimum atomic E-state index is -6.50. The molecule has 1 N–H and O–H groups in total. The summed E-state index contributed by atoms with van der Waals surface area (Å²) in [6.45, 7) is 11.6. The van der Waals surface area contributed by atoms with E-state index in [2.05, 4.69) is 16.0 Å². The third-order valence-corrected chi connectivity index (χ3v) is 9.16. The van der Waals surface area contributed by atoms with E-state index in [0.29, 0.717) is 21.9 Å². The van der Waals surface area contributed by atoms with Gasteiger partial charge < -0.3 is 5.11 Å².